The predicted molar refractivity (Wildman–Crippen MR) is 52.0 cm³/mol. The zero-order chi connectivity index (χ0) is 10.0. The van der Waals surface area contributed by atoms with Crippen LogP contribution in [0.15, 0.2) is 16.6 Å². The summed E-state index contributed by atoms with van der Waals surface area (Å²) in [6.45, 7) is -0.180. The van der Waals surface area contributed by atoms with Crippen LogP contribution in [0.25, 0.3) is 0 Å². The molecule has 0 unspecified atom stereocenters. The molecule has 0 aromatic heterocycles. The van der Waals surface area contributed by atoms with Crippen LogP contribution in [0.3, 0.4) is 0 Å². The molecule has 70 valence electrons. The number of halogens is 2. The van der Waals surface area contributed by atoms with E-state index in [1.54, 1.807) is 0 Å². The third kappa shape index (κ3) is 2.21. The summed E-state index contributed by atoms with van der Waals surface area (Å²) < 4.78 is 0.539. The van der Waals surface area contributed by atoms with Crippen LogP contribution in [0.4, 0.5) is 0 Å². The average molecular weight is 265 g/mol. The zero-order valence-corrected chi connectivity index (χ0v) is 8.76. The van der Waals surface area contributed by atoms with E-state index in [0.29, 0.717) is 10.0 Å². The minimum atomic E-state index is -1.09. The fourth-order valence-corrected chi connectivity index (χ4v) is 1.61. The van der Waals surface area contributed by atoms with Crippen molar-refractivity contribution in [2.45, 2.75) is 6.61 Å². The molecule has 0 fully saturated rings. The van der Waals surface area contributed by atoms with Crippen molar-refractivity contribution in [1.82, 2.24) is 0 Å². The second-order valence-electron chi connectivity index (χ2n) is 2.39. The highest BCUT2D eigenvalue weighted by atomic mass is 79.9. The van der Waals surface area contributed by atoms with Gasteiger partial charge in [0.05, 0.1) is 17.2 Å². The highest BCUT2D eigenvalue weighted by Crippen LogP contribution is 2.25. The van der Waals surface area contributed by atoms with Gasteiger partial charge in [0.2, 0.25) is 0 Å². The van der Waals surface area contributed by atoms with E-state index < -0.39 is 5.97 Å². The van der Waals surface area contributed by atoms with Crippen LogP contribution in [0, 0.1) is 0 Å². The maximum atomic E-state index is 10.6. The molecule has 0 saturated carbocycles. The highest BCUT2D eigenvalue weighted by molar-refractivity contribution is 9.10. The van der Waals surface area contributed by atoms with E-state index in [2.05, 4.69) is 15.9 Å². The molecule has 5 heteroatoms. The Kier molecular flexibility index (Phi) is 3.30. The van der Waals surface area contributed by atoms with Crippen molar-refractivity contribution in [1.29, 1.82) is 0 Å². The van der Waals surface area contributed by atoms with E-state index in [1.165, 1.54) is 12.1 Å². The summed E-state index contributed by atoms with van der Waals surface area (Å²) >= 11 is 8.79. The molecule has 0 amide bonds. The van der Waals surface area contributed by atoms with Crippen LogP contribution in [0.2, 0.25) is 5.02 Å². The average Bonchev–Trinajstić information content (AvgIpc) is 2.07. The lowest BCUT2D eigenvalue weighted by atomic mass is 10.1. The van der Waals surface area contributed by atoms with Crippen LogP contribution < -0.4 is 0 Å². The number of hydrogen-bond acceptors (Lipinski definition) is 2. The van der Waals surface area contributed by atoms with Gasteiger partial charge in [-0.25, -0.2) is 4.79 Å². The number of carboxylic acids is 1. The lowest BCUT2D eigenvalue weighted by Gasteiger charge is -2.04. The van der Waals surface area contributed by atoms with Crippen LogP contribution in [-0.2, 0) is 6.61 Å². The van der Waals surface area contributed by atoms with Gasteiger partial charge in [-0.05, 0) is 17.7 Å². The van der Waals surface area contributed by atoms with Crippen LogP contribution >= 0.6 is 27.5 Å². The molecule has 0 heterocycles. The fourth-order valence-electron chi connectivity index (χ4n) is 0.873. The predicted octanol–water partition coefficient (Wildman–Crippen LogP) is 2.29. The summed E-state index contributed by atoms with van der Waals surface area (Å²) in [6.07, 6.45) is 0. The van der Waals surface area contributed by atoms with Gasteiger partial charge in [-0.1, -0.05) is 27.5 Å². The standard InChI is InChI=1S/C8H6BrClO3/c9-6-2-5(8(12)13)7(10)1-4(6)3-11/h1-2,11H,3H2,(H,12,13). The highest BCUT2D eigenvalue weighted by Gasteiger charge is 2.11. The number of aliphatic hydroxyl groups excluding tert-OH is 1. The normalized spacial score (nSPS) is 10.1. The monoisotopic (exact) mass is 264 g/mol. The second kappa shape index (κ2) is 4.09. The summed E-state index contributed by atoms with van der Waals surface area (Å²) in [5.74, 6) is -1.09. The summed E-state index contributed by atoms with van der Waals surface area (Å²) in [6, 6.07) is 2.80. The molecular formula is C8H6BrClO3. The van der Waals surface area contributed by atoms with Crippen molar-refractivity contribution in [2.24, 2.45) is 0 Å². The van der Waals surface area contributed by atoms with Crippen molar-refractivity contribution >= 4 is 33.5 Å². The minimum Gasteiger partial charge on any atom is -0.478 e. The zero-order valence-electron chi connectivity index (χ0n) is 6.42. The minimum absolute atomic E-state index is 0.0192. The maximum absolute atomic E-state index is 10.6. The van der Waals surface area contributed by atoms with Crippen LogP contribution in [-0.4, -0.2) is 16.2 Å². The third-order valence-corrected chi connectivity index (χ3v) is 2.59. The van der Waals surface area contributed by atoms with Gasteiger partial charge in [-0.15, -0.1) is 0 Å². The van der Waals surface area contributed by atoms with Crippen molar-refractivity contribution in [2.75, 3.05) is 0 Å². The summed E-state index contributed by atoms with van der Waals surface area (Å²) in [4.78, 5) is 10.6. The first-order valence-electron chi connectivity index (χ1n) is 3.38. The fraction of sp³-hybridized carbons (Fsp3) is 0.125. The molecule has 0 spiro atoms. The Balaban J connectivity index is 3.28. The first-order chi connectivity index (χ1) is 6.06. The molecule has 3 nitrogen and oxygen atoms in total. The number of carboxylic acid groups (broad SMARTS) is 1. The molecule has 1 aromatic carbocycles. The van der Waals surface area contributed by atoms with Gasteiger partial charge in [0.15, 0.2) is 0 Å². The van der Waals surface area contributed by atoms with Crippen LogP contribution in [0.1, 0.15) is 15.9 Å². The van der Waals surface area contributed by atoms with Gasteiger partial charge in [0.1, 0.15) is 0 Å². The lowest BCUT2D eigenvalue weighted by Crippen LogP contribution is -1.99. The van der Waals surface area contributed by atoms with Crippen molar-refractivity contribution < 1.29 is 15.0 Å². The number of aromatic carboxylic acids is 1. The molecule has 13 heavy (non-hydrogen) atoms. The second-order valence-corrected chi connectivity index (χ2v) is 3.65. The molecule has 1 aromatic rings. The lowest BCUT2D eigenvalue weighted by molar-refractivity contribution is 0.0697. The van der Waals surface area contributed by atoms with Crippen molar-refractivity contribution in [3.63, 3.8) is 0 Å². The maximum Gasteiger partial charge on any atom is 0.337 e. The molecule has 0 radical (unpaired) electrons. The number of benzene rings is 1. The topological polar surface area (TPSA) is 57.5 Å². The molecule has 0 aliphatic heterocycles. The van der Waals surface area contributed by atoms with E-state index in [1.807, 2.05) is 0 Å². The largest absolute Gasteiger partial charge is 0.478 e. The molecule has 0 aliphatic carbocycles. The Morgan fingerprint density at radius 3 is 2.62 bits per heavy atom. The van der Waals surface area contributed by atoms with E-state index in [4.69, 9.17) is 21.8 Å². The Hall–Kier alpha value is -0.580. The van der Waals surface area contributed by atoms with E-state index >= 15 is 0 Å². The molecule has 0 bridgehead atoms. The molecule has 0 aliphatic rings. The molecule has 0 saturated heterocycles. The summed E-state index contributed by atoms with van der Waals surface area (Å²) in [5.41, 5.74) is 0.584. The Bertz CT molecular complexity index is 351. The summed E-state index contributed by atoms with van der Waals surface area (Å²) in [5, 5.41) is 17.6. The Labute approximate surface area is 88.1 Å². The van der Waals surface area contributed by atoms with Crippen molar-refractivity contribution in [3.05, 3.63) is 32.8 Å². The molecule has 2 N–H and O–H groups in total. The molecule has 0 atom stereocenters. The Morgan fingerprint density at radius 1 is 1.54 bits per heavy atom. The summed E-state index contributed by atoms with van der Waals surface area (Å²) in [7, 11) is 0. The SMILES string of the molecule is O=C(O)c1cc(Br)c(CO)cc1Cl. The smallest absolute Gasteiger partial charge is 0.337 e. The van der Waals surface area contributed by atoms with Gasteiger partial charge >= 0.3 is 5.97 Å². The van der Waals surface area contributed by atoms with Gasteiger partial charge in [0.25, 0.3) is 0 Å². The number of rotatable bonds is 2. The van der Waals surface area contributed by atoms with Gasteiger partial charge in [-0.3, -0.25) is 0 Å². The molecule has 1 rings (SSSR count). The van der Waals surface area contributed by atoms with E-state index in [0.717, 1.165) is 0 Å². The van der Waals surface area contributed by atoms with Crippen molar-refractivity contribution in [3.8, 4) is 0 Å². The Morgan fingerprint density at radius 2 is 2.15 bits per heavy atom. The van der Waals surface area contributed by atoms with Gasteiger partial charge in [-0.2, -0.15) is 0 Å². The van der Waals surface area contributed by atoms with E-state index in [-0.39, 0.29) is 17.2 Å². The number of hydrogen-bond donors (Lipinski definition) is 2. The van der Waals surface area contributed by atoms with Crippen LogP contribution in [0.5, 0.6) is 0 Å². The van der Waals surface area contributed by atoms with E-state index in [9.17, 15) is 4.79 Å². The first-order valence-corrected chi connectivity index (χ1v) is 4.55. The number of carbonyl (C=O) groups is 1. The molecular weight excluding hydrogens is 259 g/mol. The third-order valence-electron chi connectivity index (χ3n) is 1.54. The quantitative estimate of drug-likeness (QED) is 0.862. The van der Waals surface area contributed by atoms with Gasteiger partial charge < -0.3 is 10.2 Å². The number of aliphatic hydroxyl groups is 1. The van der Waals surface area contributed by atoms with Gasteiger partial charge in [0, 0.05) is 4.47 Å². The first kappa shape index (κ1) is 10.5.